The molecule has 1 aromatic rings. The first kappa shape index (κ1) is 21.7. The first-order valence-electron chi connectivity index (χ1n) is 8.11. The first-order valence-corrected chi connectivity index (χ1v) is 8.90. The highest BCUT2D eigenvalue weighted by Crippen LogP contribution is 2.16. The number of rotatable bonds is 7. The highest BCUT2D eigenvalue weighted by Gasteiger charge is 2.16. The zero-order valence-electron chi connectivity index (χ0n) is 15.1. The van der Waals surface area contributed by atoms with E-state index in [9.17, 15) is 14.4 Å². The number of hydrogen-bond donors (Lipinski definition) is 3. The SMILES string of the molecule is CC(C)(C)OC(=O)NCC(=O)NCCNC(=O)/C=C/c1ccccc1Br. The third-order valence-electron chi connectivity index (χ3n) is 2.86. The number of carbonyl (C=O) groups is 3. The molecule has 0 aromatic heterocycles. The van der Waals surface area contributed by atoms with Crippen molar-refractivity contribution in [2.24, 2.45) is 0 Å². The lowest BCUT2D eigenvalue weighted by molar-refractivity contribution is -0.120. The zero-order valence-corrected chi connectivity index (χ0v) is 16.7. The predicted octanol–water partition coefficient (Wildman–Crippen LogP) is 2.22. The summed E-state index contributed by atoms with van der Waals surface area (Å²) < 4.78 is 5.92. The second-order valence-corrected chi connectivity index (χ2v) is 7.21. The quantitative estimate of drug-likeness (QED) is 0.460. The Kier molecular flexibility index (Phi) is 8.84. The first-order chi connectivity index (χ1) is 12.2. The molecule has 8 heteroatoms. The van der Waals surface area contributed by atoms with Gasteiger partial charge >= 0.3 is 6.09 Å². The fourth-order valence-corrected chi connectivity index (χ4v) is 2.17. The average molecular weight is 426 g/mol. The summed E-state index contributed by atoms with van der Waals surface area (Å²) >= 11 is 3.40. The van der Waals surface area contributed by atoms with Gasteiger partial charge in [0.05, 0.1) is 6.54 Å². The van der Waals surface area contributed by atoms with Crippen molar-refractivity contribution in [3.05, 3.63) is 40.4 Å². The second-order valence-electron chi connectivity index (χ2n) is 6.35. The van der Waals surface area contributed by atoms with Crippen LogP contribution in [0.4, 0.5) is 4.79 Å². The summed E-state index contributed by atoms with van der Waals surface area (Å²) in [4.78, 5) is 34.7. The molecule has 0 saturated carbocycles. The number of ether oxygens (including phenoxy) is 1. The van der Waals surface area contributed by atoms with Gasteiger partial charge in [0.1, 0.15) is 5.60 Å². The molecule has 26 heavy (non-hydrogen) atoms. The van der Waals surface area contributed by atoms with Crippen molar-refractivity contribution in [1.82, 2.24) is 16.0 Å². The summed E-state index contributed by atoms with van der Waals surface area (Å²) in [7, 11) is 0. The van der Waals surface area contributed by atoms with Gasteiger partial charge in [-0.15, -0.1) is 0 Å². The van der Waals surface area contributed by atoms with Crippen LogP contribution in [0.1, 0.15) is 26.3 Å². The third kappa shape index (κ3) is 9.83. The Hall–Kier alpha value is -2.35. The Morgan fingerprint density at radius 1 is 1.08 bits per heavy atom. The normalized spacial score (nSPS) is 11.1. The van der Waals surface area contributed by atoms with Gasteiger partial charge < -0.3 is 20.7 Å². The van der Waals surface area contributed by atoms with Gasteiger partial charge in [-0.25, -0.2) is 4.79 Å². The maximum absolute atomic E-state index is 11.7. The second kappa shape index (κ2) is 10.6. The van der Waals surface area contributed by atoms with Crippen molar-refractivity contribution in [3.63, 3.8) is 0 Å². The van der Waals surface area contributed by atoms with Gasteiger partial charge in [-0.2, -0.15) is 0 Å². The van der Waals surface area contributed by atoms with Crippen LogP contribution in [-0.2, 0) is 14.3 Å². The summed E-state index contributed by atoms with van der Waals surface area (Å²) in [5.41, 5.74) is 0.275. The lowest BCUT2D eigenvalue weighted by Gasteiger charge is -2.19. The number of hydrogen-bond acceptors (Lipinski definition) is 4. The molecule has 0 spiro atoms. The minimum atomic E-state index is -0.654. The number of carbonyl (C=O) groups excluding carboxylic acids is 3. The Balaban J connectivity index is 2.19. The molecule has 0 bridgehead atoms. The Morgan fingerprint density at radius 2 is 1.73 bits per heavy atom. The summed E-state index contributed by atoms with van der Waals surface area (Å²) in [6, 6.07) is 7.54. The van der Waals surface area contributed by atoms with Crippen LogP contribution in [0, 0.1) is 0 Å². The monoisotopic (exact) mass is 425 g/mol. The highest BCUT2D eigenvalue weighted by atomic mass is 79.9. The number of halogens is 1. The molecule has 0 atom stereocenters. The van der Waals surface area contributed by atoms with E-state index in [2.05, 4.69) is 31.9 Å². The van der Waals surface area contributed by atoms with Gasteiger partial charge in [-0.1, -0.05) is 34.1 Å². The fourth-order valence-electron chi connectivity index (χ4n) is 1.75. The van der Waals surface area contributed by atoms with E-state index < -0.39 is 11.7 Å². The van der Waals surface area contributed by atoms with E-state index in [-0.39, 0.29) is 31.4 Å². The topological polar surface area (TPSA) is 96.5 Å². The number of alkyl carbamates (subject to hydrolysis) is 1. The molecule has 1 rings (SSSR count). The van der Waals surface area contributed by atoms with E-state index >= 15 is 0 Å². The number of benzene rings is 1. The van der Waals surface area contributed by atoms with Gasteiger partial charge in [0.25, 0.3) is 0 Å². The van der Waals surface area contributed by atoms with E-state index in [0.29, 0.717) is 0 Å². The zero-order chi connectivity index (χ0) is 19.6. The molecule has 7 nitrogen and oxygen atoms in total. The standard InChI is InChI=1S/C18H24BrN3O4/c1-18(2,3)26-17(25)22-12-16(24)21-11-10-20-15(23)9-8-13-6-4-5-7-14(13)19/h4-9H,10-12H2,1-3H3,(H,20,23)(H,21,24)(H,22,25)/b9-8+. The fraction of sp³-hybridized carbons (Fsp3) is 0.389. The van der Waals surface area contributed by atoms with Crippen LogP contribution in [0.2, 0.25) is 0 Å². The summed E-state index contributed by atoms with van der Waals surface area (Å²) in [5.74, 6) is -0.629. The van der Waals surface area contributed by atoms with E-state index in [1.165, 1.54) is 6.08 Å². The molecule has 0 unspecified atom stereocenters. The maximum atomic E-state index is 11.7. The molecule has 3 amide bonds. The predicted molar refractivity (Wildman–Crippen MR) is 103 cm³/mol. The summed E-state index contributed by atoms with van der Waals surface area (Å²) in [6.07, 6.45) is 2.47. The Bertz CT molecular complexity index is 669. The van der Waals surface area contributed by atoms with Crippen LogP contribution in [-0.4, -0.2) is 43.1 Å². The van der Waals surface area contributed by atoms with Crippen LogP contribution in [0.5, 0.6) is 0 Å². The van der Waals surface area contributed by atoms with E-state index in [0.717, 1.165) is 10.0 Å². The van der Waals surface area contributed by atoms with Crippen LogP contribution in [0.3, 0.4) is 0 Å². The van der Waals surface area contributed by atoms with E-state index in [1.807, 2.05) is 24.3 Å². The van der Waals surface area contributed by atoms with Crippen molar-refractivity contribution in [1.29, 1.82) is 0 Å². The van der Waals surface area contributed by atoms with Gasteiger partial charge in [-0.3, -0.25) is 9.59 Å². The molecule has 142 valence electrons. The smallest absolute Gasteiger partial charge is 0.408 e. The molecule has 0 radical (unpaired) electrons. The maximum Gasteiger partial charge on any atom is 0.408 e. The Morgan fingerprint density at radius 3 is 2.38 bits per heavy atom. The van der Waals surface area contributed by atoms with E-state index in [4.69, 9.17) is 4.74 Å². The minimum Gasteiger partial charge on any atom is -0.444 e. The largest absolute Gasteiger partial charge is 0.444 e. The van der Waals surface area contributed by atoms with Crippen molar-refractivity contribution in [3.8, 4) is 0 Å². The van der Waals surface area contributed by atoms with Crippen LogP contribution in [0.15, 0.2) is 34.8 Å². The molecule has 3 N–H and O–H groups in total. The summed E-state index contributed by atoms with van der Waals surface area (Å²) in [6.45, 7) is 5.55. The molecule has 1 aromatic carbocycles. The highest BCUT2D eigenvalue weighted by molar-refractivity contribution is 9.10. The van der Waals surface area contributed by atoms with E-state index in [1.54, 1.807) is 26.8 Å². The lowest BCUT2D eigenvalue weighted by atomic mass is 10.2. The molecule has 0 aliphatic rings. The lowest BCUT2D eigenvalue weighted by Crippen LogP contribution is -2.41. The van der Waals surface area contributed by atoms with Gasteiger partial charge in [-0.05, 0) is 38.5 Å². The van der Waals surface area contributed by atoms with Gasteiger partial charge in [0.15, 0.2) is 0 Å². The van der Waals surface area contributed by atoms with Gasteiger partial charge in [0.2, 0.25) is 11.8 Å². The third-order valence-corrected chi connectivity index (χ3v) is 3.58. The molecular formula is C18H24BrN3O4. The molecule has 0 aliphatic heterocycles. The van der Waals surface area contributed by atoms with Gasteiger partial charge in [0, 0.05) is 23.6 Å². The molecule has 0 heterocycles. The molecule has 0 aliphatic carbocycles. The summed E-state index contributed by atoms with van der Waals surface area (Å²) in [5, 5.41) is 7.60. The van der Waals surface area contributed by atoms with Crippen molar-refractivity contribution in [2.45, 2.75) is 26.4 Å². The van der Waals surface area contributed by atoms with Crippen LogP contribution in [0.25, 0.3) is 6.08 Å². The average Bonchev–Trinajstić information content (AvgIpc) is 2.54. The Labute approximate surface area is 161 Å². The van der Waals surface area contributed by atoms with Crippen molar-refractivity contribution in [2.75, 3.05) is 19.6 Å². The molecule has 0 saturated heterocycles. The van der Waals surface area contributed by atoms with Crippen molar-refractivity contribution < 1.29 is 19.1 Å². The van der Waals surface area contributed by atoms with Crippen molar-refractivity contribution >= 4 is 39.9 Å². The minimum absolute atomic E-state index is 0.190. The van der Waals surface area contributed by atoms with Crippen LogP contribution >= 0.6 is 15.9 Å². The molecule has 0 fully saturated rings. The number of amides is 3. The number of nitrogens with one attached hydrogen (secondary N) is 3. The van der Waals surface area contributed by atoms with Crippen LogP contribution < -0.4 is 16.0 Å². The molecular weight excluding hydrogens is 402 g/mol.